The molecule has 1 aromatic carbocycles. The number of pyridine rings is 1. The number of nitrogens with zero attached hydrogens (tertiary/aromatic N) is 4. The maximum Gasteiger partial charge on any atom is 0.243 e. The molecule has 152 valence electrons. The highest BCUT2D eigenvalue weighted by molar-refractivity contribution is 7.89. The zero-order valence-electron chi connectivity index (χ0n) is 15.4. The van der Waals surface area contributed by atoms with Crippen molar-refractivity contribution < 1.29 is 17.2 Å². The Morgan fingerprint density at radius 3 is 2.48 bits per heavy atom. The third-order valence-corrected chi connectivity index (χ3v) is 6.63. The largest absolute Gasteiger partial charge is 0.354 e. The Morgan fingerprint density at radius 2 is 1.76 bits per heavy atom. The van der Waals surface area contributed by atoms with Crippen LogP contribution in [0.4, 0.5) is 14.6 Å². The molecule has 4 rings (SSSR count). The van der Waals surface area contributed by atoms with Crippen LogP contribution in [-0.2, 0) is 10.0 Å². The summed E-state index contributed by atoms with van der Waals surface area (Å²) in [7, 11) is -3.99. The number of rotatable bonds is 4. The summed E-state index contributed by atoms with van der Waals surface area (Å²) in [6.07, 6.45) is 2.25. The molecule has 0 atom stereocenters. The van der Waals surface area contributed by atoms with Gasteiger partial charge in [0.1, 0.15) is 11.6 Å². The van der Waals surface area contributed by atoms with Gasteiger partial charge in [-0.3, -0.25) is 10.1 Å². The summed E-state index contributed by atoms with van der Waals surface area (Å²) in [5, 5.41) is 7.27. The van der Waals surface area contributed by atoms with Crippen LogP contribution in [-0.4, -0.2) is 54.1 Å². The maximum atomic E-state index is 13.5. The van der Waals surface area contributed by atoms with Crippen molar-refractivity contribution in [3.05, 3.63) is 60.3 Å². The minimum atomic E-state index is -3.99. The fourth-order valence-corrected chi connectivity index (χ4v) is 4.83. The van der Waals surface area contributed by atoms with Gasteiger partial charge in [0.2, 0.25) is 10.0 Å². The van der Waals surface area contributed by atoms with E-state index in [1.54, 1.807) is 6.20 Å². The molecule has 2 aromatic heterocycles. The van der Waals surface area contributed by atoms with Crippen molar-refractivity contribution in [2.24, 2.45) is 0 Å². The van der Waals surface area contributed by atoms with Crippen molar-refractivity contribution in [2.75, 3.05) is 31.1 Å². The smallest absolute Gasteiger partial charge is 0.243 e. The molecule has 1 fully saturated rings. The van der Waals surface area contributed by atoms with Crippen LogP contribution in [0.3, 0.4) is 0 Å². The first-order chi connectivity index (χ1) is 13.9. The summed E-state index contributed by atoms with van der Waals surface area (Å²) < 4.78 is 53.9. The molecule has 1 aliphatic heterocycles. The SMILES string of the molecule is O=S(=O)(c1cc(F)cc(F)c1)N1CCCN(c2cc(-c3ccccn3)[nH]n2)CC1. The topological polar surface area (TPSA) is 82.2 Å². The van der Waals surface area contributed by atoms with Gasteiger partial charge in [0.05, 0.1) is 16.3 Å². The highest BCUT2D eigenvalue weighted by Gasteiger charge is 2.28. The number of halogens is 2. The van der Waals surface area contributed by atoms with Crippen LogP contribution >= 0.6 is 0 Å². The molecule has 0 aliphatic carbocycles. The van der Waals surface area contributed by atoms with E-state index >= 15 is 0 Å². The fourth-order valence-electron chi connectivity index (χ4n) is 3.32. The summed E-state index contributed by atoms with van der Waals surface area (Å²) in [6, 6.07) is 9.78. The van der Waals surface area contributed by atoms with Crippen LogP contribution in [0, 0.1) is 11.6 Å². The van der Waals surface area contributed by atoms with Gasteiger partial charge in [-0.15, -0.1) is 0 Å². The number of anilines is 1. The molecule has 0 radical (unpaired) electrons. The van der Waals surface area contributed by atoms with E-state index in [4.69, 9.17) is 0 Å². The first-order valence-electron chi connectivity index (χ1n) is 9.11. The number of aromatic nitrogens is 3. The Bertz CT molecular complexity index is 1080. The number of benzene rings is 1. The van der Waals surface area contributed by atoms with Gasteiger partial charge in [-0.05, 0) is 30.7 Å². The normalized spacial score (nSPS) is 16.0. The predicted molar refractivity (Wildman–Crippen MR) is 104 cm³/mol. The zero-order chi connectivity index (χ0) is 20.4. The Kier molecular flexibility index (Phi) is 5.29. The Labute approximate surface area is 167 Å². The van der Waals surface area contributed by atoms with Crippen molar-refractivity contribution >= 4 is 15.8 Å². The third kappa shape index (κ3) is 4.13. The fraction of sp³-hybridized carbons (Fsp3) is 0.263. The van der Waals surface area contributed by atoms with Gasteiger partial charge in [-0.1, -0.05) is 6.07 Å². The molecule has 29 heavy (non-hydrogen) atoms. The molecule has 7 nitrogen and oxygen atoms in total. The summed E-state index contributed by atoms with van der Waals surface area (Å²) in [4.78, 5) is 5.88. The number of aromatic amines is 1. The van der Waals surface area contributed by atoms with Crippen LogP contribution in [0.5, 0.6) is 0 Å². The summed E-state index contributed by atoms with van der Waals surface area (Å²) in [6.45, 7) is 1.46. The Hall–Kier alpha value is -2.85. The number of H-pyrrole nitrogens is 1. The molecular formula is C19H19F2N5O2S. The number of nitrogens with one attached hydrogen (secondary N) is 1. The van der Waals surface area contributed by atoms with Gasteiger partial charge < -0.3 is 4.90 Å². The van der Waals surface area contributed by atoms with Gasteiger partial charge >= 0.3 is 0 Å². The standard InChI is InChI=1S/C19H19F2N5O2S/c20-14-10-15(21)12-16(11-14)29(27,28)26-7-3-6-25(8-9-26)19-13-18(23-24-19)17-4-1-2-5-22-17/h1-2,4-5,10-13H,3,6-9H2,(H,23,24). The van der Waals surface area contributed by atoms with Gasteiger partial charge in [0, 0.05) is 44.5 Å². The van der Waals surface area contributed by atoms with Gasteiger partial charge in [-0.25, -0.2) is 17.2 Å². The quantitative estimate of drug-likeness (QED) is 0.703. The highest BCUT2D eigenvalue weighted by Crippen LogP contribution is 2.23. The van der Waals surface area contributed by atoms with Gasteiger partial charge in [0.15, 0.2) is 5.82 Å². The lowest BCUT2D eigenvalue weighted by Crippen LogP contribution is -2.35. The molecule has 0 saturated carbocycles. The van der Waals surface area contributed by atoms with E-state index in [0.29, 0.717) is 31.4 Å². The number of sulfonamides is 1. The third-order valence-electron chi connectivity index (χ3n) is 4.76. The van der Waals surface area contributed by atoms with Crippen molar-refractivity contribution in [2.45, 2.75) is 11.3 Å². The van der Waals surface area contributed by atoms with Crippen molar-refractivity contribution in [3.63, 3.8) is 0 Å². The second kappa shape index (κ2) is 7.88. The van der Waals surface area contributed by atoms with Gasteiger partial charge in [-0.2, -0.15) is 9.40 Å². The minimum absolute atomic E-state index is 0.187. The lowest BCUT2D eigenvalue weighted by atomic mass is 10.2. The molecule has 1 aliphatic rings. The zero-order valence-corrected chi connectivity index (χ0v) is 16.2. The van der Waals surface area contributed by atoms with Crippen molar-refractivity contribution in [1.29, 1.82) is 0 Å². The van der Waals surface area contributed by atoms with Crippen LogP contribution in [0.1, 0.15) is 6.42 Å². The van der Waals surface area contributed by atoms with E-state index < -0.39 is 21.7 Å². The van der Waals surface area contributed by atoms with Gasteiger partial charge in [0.25, 0.3) is 0 Å². The van der Waals surface area contributed by atoms with E-state index in [-0.39, 0.29) is 18.0 Å². The van der Waals surface area contributed by atoms with Crippen LogP contribution in [0.25, 0.3) is 11.4 Å². The Morgan fingerprint density at radius 1 is 0.966 bits per heavy atom. The molecule has 0 spiro atoms. The van der Waals surface area contributed by atoms with E-state index in [1.807, 2.05) is 29.2 Å². The molecule has 0 bridgehead atoms. The van der Waals surface area contributed by atoms with E-state index in [2.05, 4.69) is 15.2 Å². The monoisotopic (exact) mass is 419 g/mol. The van der Waals surface area contributed by atoms with E-state index in [1.165, 1.54) is 4.31 Å². The van der Waals surface area contributed by atoms with E-state index in [9.17, 15) is 17.2 Å². The molecular weight excluding hydrogens is 400 g/mol. The van der Waals surface area contributed by atoms with Crippen molar-refractivity contribution in [3.8, 4) is 11.4 Å². The maximum absolute atomic E-state index is 13.5. The molecule has 0 unspecified atom stereocenters. The van der Waals surface area contributed by atoms with Crippen LogP contribution in [0.15, 0.2) is 53.6 Å². The molecule has 10 heteroatoms. The molecule has 1 saturated heterocycles. The molecule has 1 N–H and O–H groups in total. The summed E-state index contributed by atoms with van der Waals surface area (Å²) in [5.41, 5.74) is 1.53. The second-order valence-electron chi connectivity index (χ2n) is 6.70. The lowest BCUT2D eigenvalue weighted by molar-refractivity contribution is 0.431. The lowest BCUT2D eigenvalue weighted by Gasteiger charge is -2.21. The van der Waals surface area contributed by atoms with Crippen LogP contribution in [0.2, 0.25) is 0 Å². The molecule has 0 amide bonds. The summed E-state index contributed by atoms with van der Waals surface area (Å²) >= 11 is 0. The first kappa shape index (κ1) is 19.5. The second-order valence-corrected chi connectivity index (χ2v) is 8.64. The summed E-state index contributed by atoms with van der Waals surface area (Å²) in [5.74, 6) is -1.14. The van der Waals surface area contributed by atoms with E-state index in [0.717, 1.165) is 23.5 Å². The highest BCUT2D eigenvalue weighted by atomic mass is 32.2. The minimum Gasteiger partial charge on any atom is -0.354 e. The van der Waals surface area contributed by atoms with Crippen molar-refractivity contribution in [1.82, 2.24) is 19.5 Å². The average molecular weight is 419 g/mol. The first-order valence-corrected chi connectivity index (χ1v) is 10.6. The van der Waals surface area contributed by atoms with Crippen LogP contribution < -0.4 is 4.90 Å². The number of hydrogen-bond acceptors (Lipinski definition) is 5. The Balaban J connectivity index is 1.50. The molecule has 3 heterocycles. The molecule has 3 aromatic rings. The number of hydrogen-bond donors (Lipinski definition) is 1. The predicted octanol–water partition coefficient (Wildman–Crippen LogP) is 2.65. The average Bonchev–Trinajstić information content (AvgIpc) is 3.05.